The maximum absolute atomic E-state index is 11.9. The Hall–Kier alpha value is -1.30. The number of carbonyl (C=O) groups excluding carboxylic acids is 2. The number of hydrogen-bond acceptors (Lipinski definition) is 4. The second-order valence-corrected chi connectivity index (χ2v) is 5.63. The first-order valence-corrected chi connectivity index (χ1v) is 7.93. The summed E-state index contributed by atoms with van der Waals surface area (Å²) in [7, 11) is 0. The smallest absolute Gasteiger partial charge is 0.338 e. The first kappa shape index (κ1) is 18.7. The van der Waals surface area contributed by atoms with Gasteiger partial charge in [-0.15, -0.1) is 0 Å². The zero-order chi connectivity index (χ0) is 16.5. The maximum Gasteiger partial charge on any atom is 0.338 e. The molecule has 122 valence electrons. The summed E-state index contributed by atoms with van der Waals surface area (Å²) in [5.74, 6) is -0.907. The number of benzene rings is 1. The van der Waals surface area contributed by atoms with E-state index in [1.807, 2.05) is 0 Å². The van der Waals surface area contributed by atoms with Crippen molar-refractivity contribution in [3.63, 3.8) is 0 Å². The van der Waals surface area contributed by atoms with E-state index in [0.717, 1.165) is 13.1 Å². The molecule has 1 aromatic carbocycles. The van der Waals surface area contributed by atoms with E-state index < -0.39 is 16.7 Å². The van der Waals surface area contributed by atoms with Gasteiger partial charge in [-0.1, -0.05) is 37.0 Å². The highest BCUT2D eigenvalue weighted by Crippen LogP contribution is 2.13. The van der Waals surface area contributed by atoms with Gasteiger partial charge in [-0.25, -0.2) is 4.79 Å². The van der Waals surface area contributed by atoms with Gasteiger partial charge in [-0.2, -0.15) is 0 Å². The summed E-state index contributed by atoms with van der Waals surface area (Å²) in [4.78, 5) is 24.2. The third-order valence-corrected chi connectivity index (χ3v) is 3.52. The molecule has 0 fully saturated rings. The molecular weight excluding hydrogens is 327 g/mol. The third kappa shape index (κ3) is 6.22. The molecule has 1 N–H and O–H groups in total. The van der Waals surface area contributed by atoms with Crippen LogP contribution in [0.3, 0.4) is 0 Å². The molecule has 0 spiro atoms. The van der Waals surface area contributed by atoms with Gasteiger partial charge in [-0.05, 0) is 37.4 Å². The number of ether oxygens (including phenoxy) is 1. The van der Waals surface area contributed by atoms with Crippen molar-refractivity contribution in [3.8, 4) is 0 Å². The molecule has 0 saturated heterocycles. The van der Waals surface area contributed by atoms with Crippen LogP contribution in [0.25, 0.3) is 0 Å². The largest absolute Gasteiger partial charge is 0.461 e. The number of esters is 1. The van der Waals surface area contributed by atoms with E-state index in [1.54, 1.807) is 24.3 Å². The van der Waals surface area contributed by atoms with Crippen molar-refractivity contribution in [3.05, 3.63) is 29.8 Å². The Balaban J connectivity index is 2.48. The molecule has 22 heavy (non-hydrogen) atoms. The SMILES string of the molecule is CCN(CC)CCOC(=O)c1ccc(NC(=O)C(Cl)Cl)cc1. The average Bonchev–Trinajstić information content (AvgIpc) is 2.52. The van der Waals surface area contributed by atoms with Crippen LogP contribution in [0, 0.1) is 0 Å². The summed E-state index contributed by atoms with van der Waals surface area (Å²) >= 11 is 10.9. The summed E-state index contributed by atoms with van der Waals surface area (Å²) in [6.07, 6.45) is 0. The topological polar surface area (TPSA) is 58.6 Å². The highest BCUT2D eigenvalue weighted by atomic mass is 35.5. The Morgan fingerprint density at radius 3 is 2.27 bits per heavy atom. The number of nitrogens with one attached hydrogen (secondary N) is 1. The van der Waals surface area contributed by atoms with E-state index in [9.17, 15) is 9.59 Å². The third-order valence-electron chi connectivity index (χ3n) is 3.12. The molecule has 0 aliphatic rings. The van der Waals surface area contributed by atoms with Gasteiger partial charge in [0.15, 0.2) is 4.84 Å². The Bertz CT molecular complexity index is 488. The fourth-order valence-corrected chi connectivity index (χ4v) is 1.89. The van der Waals surface area contributed by atoms with E-state index in [4.69, 9.17) is 27.9 Å². The minimum absolute atomic E-state index is 0.346. The van der Waals surface area contributed by atoms with Crippen molar-refractivity contribution in [2.24, 2.45) is 0 Å². The minimum atomic E-state index is -1.13. The van der Waals surface area contributed by atoms with Crippen molar-refractivity contribution in [2.75, 3.05) is 31.6 Å². The van der Waals surface area contributed by atoms with Crippen LogP contribution < -0.4 is 5.32 Å². The number of nitrogens with zero attached hydrogens (tertiary/aromatic N) is 1. The summed E-state index contributed by atoms with van der Waals surface area (Å²) in [5, 5.41) is 2.52. The van der Waals surface area contributed by atoms with Crippen LogP contribution in [0.1, 0.15) is 24.2 Å². The van der Waals surface area contributed by atoms with Gasteiger partial charge >= 0.3 is 5.97 Å². The normalized spacial score (nSPS) is 10.8. The molecular formula is C15H20Cl2N2O3. The van der Waals surface area contributed by atoms with E-state index >= 15 is 0 Å². The lowest BCUT2D eigenvalue weighted by molar-refractivity contribution is -0.114. The monoisotopic (exact) mass is 346 g/mol. The molecule has 0 unspecified atom stereocenters. The summed E-state index contributed by atoms with van der Waals surface area (Å²) in [5.41, 5.74) is 0.932. The molecule has 1 amide bonds. The summed E-state index contributed by atoms with van der Waals surface area (Å²) in [6, 6.07) is 6.34. The van der Waals surface area contributed by atoms with Gasteiger partial charge in [0.25, 0.3) is 5.91 Å². The second kappa shape index (κ2) is 9.66. The van der Waals surface area contributed by atoms with Crippen LogP contribution in [0.2, 0.25) is 0 Å². The first-order chi connectivity index (χ1) is 10.5. The van der Waals surface area contributed by atoms with Crippen molar-refractivity contribution in [1.82, 2.24) is 4.90 Å². The van der Waals surface area contributed by atoms with E-state index in [1.165, 1.54) is 0 Å². The van der Waals surface area contributed by atoms with Crippen molar-refractivity contribution < 1.29 is 14.3 Å². The molecule has 0 heterocycles. The van der Waals surface area contributed by atoms with E-state index in [0.29, 0.717) is 24.4 Å². The Morgan fingerprint density at radius 2 is 1.77 bits per heavy atom. The Morgan fingerprint density at radius 1 is 1.18 bits per heavy atom. The van der Waals surface area contributed by atoms with E-state index in [2.05, 4.69) is 24.1 Å². The standard InChI is InChI=1S/C15H20Cl2N2O3/c1-3-19(4-2)9-10-22-15(21)11-5-7-12(8-6-11)18-14(20)13(16)17/h5-8,13H,3-4,9-10H2,1-2H3,(H,18,20). The molecule has 0 aliphatic carbocycles. The summed E-state index contributed by atoms with van der Waals surface area (Å²) in [6.45, 7) is 7.02. The lowest BCUT2D eigenvalue weighted by Gasteiger charge is -2.17. The number of likely N-dealkylation sites (N-methyl/N-ethyl adjacent to an activating group) is 1. The van der Waals surface area contributed by atoms with Gasteiger partial charge in [-0.3, -0.25) is 4.79 Å². The number of hydrogen-bond donors (Lipinski definition) is 1. The molecule has 0 aliphatic heterocycles. The first-order valence-electron chi connectivity index (χ1n) is 7.06. The predicted molar refractivity (Wildman–Crippen MR) is 88.6 cm³/mol. The van der Waals surface area contributed by atoms with Crippen LogP contribution >= 0.6 is 23.2 Å². The number of halogens is 2. The van der Waals surface area contributed by atoms with Gasteiger partial charge in [0.1, 0.15) is 6.61 Å². The number of alkyl halides is 2. The number of anilines is 1. The molecule has 0 bridgehead atoms. The van der Waals surface area contributed by atoms with Crippen molar-refractivity contribution in [2.45, 2.75) is 18.7 Å². The highest BCUT2D eigenvalue weighted by Gasteiger charge is 2.12. The fourth-order valence-electron chi connectivity index (χ4n) is 1.78. The predicted octanol–water partition coefficient (Wildman–Crippen LogP) is 2.93. The van der Waals surface area contributed by atoms with Gasteiger partial charge in [0.05, 0.1) is 5.56 Å². The van der Waals surface area contributed by atoms with Crippen molar-refractivity contribution >= 4 is 40.8 Å². The van der Waals surface area contributed by atoms with Crippen LogP contribution in [-0.4, -0.2) is 47.9 Å². The van der Waals surface area contributed by atoms with Gasteiger partial charge in [0.2, 0.25) is 0 Å². The van der Waals surface area contributed by atoms with Crippen LogP contribution in [0.15, 0.2) is 24.3 Å². The van der Waals surface area contributed by atoms with Crippen molar-refractivity contribution in [1.29, 1.82) is 0 Å². The molecule has 7 heteroatoms. The molecule has 1 rings (SSSR count). The van der Waals surface area contributed by atoms with Gasteiger partial charge < -0.3 is 15.0 Å². The zero-order valence-corrected chi connectivity index (χ0v) is 14.2. The molecule has 5 nitrogen and oxygen atoms in total. The Kier molecular flexibility index (Phi) is 8.24. The Labute approximate surface area is 140 Å². The zero-order valence-electron chi connectivity index (χ0n) is 12.6. The highest BCUT2D eigenvalue weighted by molar-refractivity contribution is 6.54. The lowest BCUT2D eigenvalue weighted by atomic mass is 10.2. The molecule has 0 saturated carbocycles. The maximum atomic E-state index is 11.9. The van der Waals surface area contributed by atoms with Gasteiger partial charge in [0, 0.05) is 12.2 Å². The molecule has 0 atom stereocenters. The molecule has 0 aromatic heterocycles. The summed E-state index contributed by atoms with van der Waals surface area (Å²) < 4.78 is 5.21. The number of rotatable bonds is 8. The average molecular weight is 347 g/mol. The van der Waals surface area contributed by atoms with Crippen LogP contribution in [0.5, 0.6) is 0 Å². The van der Waals surface area contributed by atoms with Crippen LogP contribution in [-0.2, 0) is 9.53 Å². The second-order valence-electron chi connectivity index (χ2n) is 4.53. The lowest BCUT2D eigenvalue weighted by Crippen LogP contribution is -2.27. The molecule has 0 radical (unpaired) electrons. The quantitative estimate of drug-likeness (QED) is 0.580. The number of amides is 1. The van der Waals surface area contributed by atoms with Crippen LogP contribution in [0.4, 0.5) is 5.69 Å². The fraction of sp³-hybridized carbons (Fsp3) is 0.467. The minimum Gasteiger partial charge on any atom is -0.461 e. The molecule has 1 aromatic rings. The van der Waals surface area contributed by atoms with E-state index in [-0.39, 0.29) is 0 Å². The number of carbonyl (C=O) groups is 2.